The maximum absolute atomic E-state index is 12.4. The number of hydrogen-bond acceptors (Lipinski definition) is 5. The van der Waals surface area contributed by atoms with Crippen molar-refractivity contribution in [1.29, 1.82) is 0 Å². The van der Waals surface area contributed by atoms with Gasteiger partial charge in [0.2, 0.25) is 5.91 Å². The molecule has 0 unspecified atom stereocenters. The average Bonchev–Trinajstić information content (AvgIpc) is 2.97. The van der Waals surface area contributed by atoms with E-state index in [1.165, 1.54) is 0 Å². The summed E-state index contributed by atoms with van der Waals surface area (Å²) in [5.41, 5.74) is 0. The molecule has 114 valence electrons. The summed E-state index contributed by atoms with van der Waals surface area (Å²) < 4.78 is 5.87. The number of carbonyl (C=O) groups is 1. The van der Waals surface area contributed by atoms with Gasteiger partial charge in [-0.2, -0.15) is 0 Å². The molecule has 1 aromatic heterocycles. The van der Waals surface area contributed by atoms with Gasteiger partial charge in [-0.3, -0.25) is 9.69 Å². The van der Waals surface area contributed by atoms with Gasteiger partial charge in [0, 0.05) is 36.8 Å². The second-order valence-corrected chi connectivity index (χ2v) is 7.32. The molecular weight excluding hydrogens is 286 g/mol. The quantitative estimate of drug-likeness (QED) is 0.913. The van der Waals surface area contributed by atoms with E-state index < -0.39 is 0 Å². The number of aromatic nitrogens is 1. The zero-order chi connectivity index (χ0) is 14.2. The predicted molar refractivity (Wildman–Crippen MR) is 79.9 cm³/mol. The van der Waals surface area contributed by atoms with E-state index in [0.717, 1.165) is 50.4 Å². The van der Waals surface area contributed by atoms with Crippen LogP contribution in [0.4, 0.5) is 0 Å². The van der Waals surface area contributed by atoms with Crippen molar-refractivity contribution in [3.63, 3.8) is 0 Å². The van der Waals surface area contributed by atoms with Gasteiger partial charge in [-0.1, -0.05) is 0 Å². The Morgan fingerprint density at radius 3 is 3.14 bits per heavy atom. The number of hydrogen-bond donors (Lipinski definition) is 1. The molecule has 0 bridgehead atoms. The Balaban J connectivity index is 1.46. The Hall–Kier alpha value is -0.980. The lowest BCUT2D eigenvalue weighted by Gasteiger charge is -2.39. The SMILES string of the molecule is O=C(NC1CC1)[C@H]1C[C@H]2OCC[C@H]2N(Cc2nccs2)C1. The molecular formula is C15H21N3O2S. The van der Waals surface area contributed by atoms with E-state index in [0.29, 0.717) is 12.1 Å². The number of carbonyl (C=O) groups excluding carboxylic acids is 1. The second-order valence-electron chi connectivity index (χ2n) is 6.34. The van der Waals surface area contributed by atoms with Gasteiger partial charge in [0.15, 0.2) is 0 Å². The van der Waals surface area contributed by atoms with Crippen molar-refractivity contribution < 1.29 is 9.53 Å². The molecule has 3 aliphatic rings. The predicted octanol–water partition coefficient (Wildman–Crippen LogP) is 1.40. The number of nitrogens with one attached hydrogen (secondary N) is 1. The first kappa shape index (κ1) is 13.7. The monoisotopic (exact) mass is 307 g/mol. The minimum Gasteiger partial charge on any atom is -0.377 e. The Morgan fingerprint density at radius 2 is 2.38 bits per heavy atom. The maximum Gasteiger partial charge on any atom is 0.224 e. The largest absolute Gasteiger partial charge is 0.377 e. The van der Waals surface area contributed by atoms with E-state index in [-0.39, 0.29) is 17.9 Å². The number of piperidine rings is 1. The summed E-state index contributed by atoms with van der Waals surface area (Å²) in [6, 6.07) is 0.894. The van der Waals surface area contributed by atoms with Gasteiger partial charge in [-0.25, -0.2) is 4.98 Å². The fourth-order valence-corrected chi connectivity index (χ4v) is 4.12. The highest BCUT2D eigenvalue weighted by atomic mass is 32.1. The van der Waals surface area contributed by atoms with Crippen molar-refractivity contribution in [1.82, 2.24) is 15.2 Å². The third kappa shape index (κ3) is 2.98. The summed E-state index contributed by atoms with van der Waals surface area (Å²) >= 11 is 1.69. The first-order chi connectivity index (χ1) is 10.3. The van der Waals surface area contributed by atoms with E-state index >= 15 is 0 Å². The maximum atomic E-state index is 12.4. The molecule has 21 heavy (non-hydrogen) atoms. The molecule has 2 aliphatic heterocycles. The van der Waals surface area contributed by atoms with Gasteiger partial charge in [-0.05, 0) is 25.7 Å². The van der Waals surface area contributed by atoms with Crippen LogP contribution in [0, 0.1) is 5.92 Å². The van der Waals surface area contributed by atoms with Crippen molar-refractivity contribution in [2.24, 2.45) is 5.92 Å². The van der Waals surface area contributed by atoms with Gasteiger partial charge in [0.1, 0.15) is 5.01 Å². The van der Waals surface area contributed by atoms with E-state index in [9.17, 15) is 4.79 Å². The summed E-state index contributed by atoms with van der Waals surface area (Å²) in [6.45, 7) is 2.50. The molecule has 4 rings (SSSR count). The highest BCUT2D eigenvalue weighted by Crippen LogP contribution is 2.33. The number of thiazole rings is 1. The summed E-state index contributed by atoms with van der Waals surface area (Å²) in [7, 11) is 0. The molecule has 1 aliphatic carbocycles. The summed E-state index contributed by atoms with van der Waals surface area (Å²) in [6.07, 6.45) is 6.30. The van der Waals surface area contributed by atoms with Crippen LogP contribution in [-0.4, -0.2) is 47.1 Å². The lowest BCUT2D eigenvalue weighted by molar-refractivity contribution is -0.129. The Labute approximate surface area is 128 Å². The smallest absolute Gasteiger partial charge is 0.224 e. The van der Waals surface area contributed by atoms with Crippen molar-refractivity contribution in [3.05, 3.63) is 16.6 Å². The first-order valence-corrected chi connectivity index (χ1v) is 8.72. The number of amides is 1. The molecule has 3 atom stereocenters. The van der Waals surface area contributed by atoms with Gasteiger partial charge < -0.3 is 10.1 Å². The molecule has 2 saturated heterocycles. The third-order valence-corrected chi connectivity index (χ3v) is 5.50. The molecule has 0 radical (unpaired) electrons. The van der Waals surface area contributed by atoms with E-state index in [1.807, 2.05) is 11.6 Å². The molecule has 5 nitrogen and oxygen atoms in total. The van der Waals surface area contributed by atoms with E-state index in [2.05, 4.69) is 15.2 Å². The normalized spacial score (nSPS) is 32.9. The minimum atomic E-state index is 0.0601. The van der Waals surface area contributed by atoms with Crippen LogP contribution in [0.2, 0.25) is 0 Å². The standard InChI is InChI=1S/C15H21N3O2S/c19-15(17-11-1-2-11)10-7-13-12(3-5-20-13)18(8-10)9-14-16-4-6-21-14/h4,6,10-13H,1-3,5,7-9H2,(H,17,19)/t10-,12+,13+/m0/s1. The van der Waals surface area contributed by atoms with Crippen LogP contribution in [0.3, 0.4) is 0 Å². The Morgan fingerprint density at radius 1 is 1.48 bits per heavy atom. The highest BCUT2D eigenvalue weighted by Gasteiger charge is 2.43. The van der Waals surface area contributed by atoms with Gasteiger partial charge in [-0.15, -0.1) is 11.3 Å². The van der Waals surface area contributed by atoms with Crippen molar-refractivity contribution in [2.45, 2.75) is 50.4 Å². The van der Waals surface area contributed by atoms with Gasteiger partial charge in [0.25, 0.3) is 0 Å². The van der Waals surface area contributed by atoms with Gasteiger partial charge >= 0.3 is 0 Å². The fraction of sp³-hybridized carbons (Fsp3) is 0.733. The zero-order valence-electron chi connectivity index (χ0n) is 12.0. The van der Waals surface area contributed by atoms with E-state index in [4.69, 9.17) is 4.74 Å². The van der Waals surface area contributed by atoms with Gasteiger partial charge in [0.05, 0.1) is 18.6 Å². The Kier molecular flexibility index (Phi) is 3.69. The van der Waals surface area contributed by atoms with Crippen molar-refractivity contribution in [3.8, 4) is 0 Å². The number of likely N-dealkylation sites (tertiary alicyclic amines) is 1. The summed E-state index contributed by atoms with van der Waals surface area (Å²) in [4.78, 5) is 19.2. The van der Waals surface area contributed by atoms with Crippen molar-refractivity contribution >= 4 is 17.2 Å². The molecule has 6 heteroatoms. The molecule has 1 amide bonds. The molecule has 1 aromatic rings. The molecule has 3 heterocycles. The molecule has 0 spiro atoms. The van der Waals surface area contributed by atoms with Crippen LogP contribution in [-0.2, 0) is 16.1 Å². The molecule has 1 saturated carbocycles. The minimum absolute atomic E-state index is 0.0601. The van der Waals surface area contributed by atoms with Crippen LogP contribution in [0.15, 0.2) is 11.6 Å². The van der Waals surface area contributed by atoms with Crippen LogP contribution < -0.4 is 5.32 Å². The molecule has 0 aromatic carbocycles. The topological polar surface area (TPSA) is 54.5 Å². The average molecular weight is 307 g/mol. The summed E-state index contributed by atoms with van der Waals surface area (Å²) in [5.74, 6) is 0.278. The Bertz CT molecular complexity index is 503. The van der Waals surface area contributed by atoms with Crippen LogP contribution in [0.1, 0.15) is 30.7 Å². The highest BCUT2D eigenvalue weighted by molar-refractivity contribution is 7.09. The third-order valence-electron chi connectivity index (χ3n) is 4.73. The van der Waals surface area contributed by atoms with Crippen LogP contribution in [0.25, 0.3) is 0 Å². The number of nitrogens with zero attached hydrogens (tertiary/aromatic N) is 2. The first-order valence-electron chi connectivity index (χ1n) is 7.84. The molecule has 1 N–H and O–H groups in total. The van der Waals surface area contributed by atoms with Crippen LogP contribution >= 0.6 is 11.3 Å². The lowest BCUT2D eigenvalue weighted by Crippen LogP contribution is -2.52. The zero-order valence-corrected chi connectivity index (χ0v) is 12.8. The number of rotatable bonds is 4. The number of ether oxygens (including phenoxy) is 1. The summed E-state index contributed by atoms with van der Waals surface area (Å²) in [5, 5.41) is 6.29. The van der Waals surface area contributed by atoms with E-state index in [1.54, 1.807) is 11.3 Å². The van der Waals surface area contributed by atoms with Crippen molar-refractivity contribution in [2.75, 3.05) is 13.2 Å². The van der Waals surface area contributed by atoms with Crippen LogP contribution in [0.5, 0.6) is 0 Å². The molecule has 3 fully saturated rings. The lowest BCUT2D eigenvalue weighted by atomic mass is 9.89. The number of fused-ring (bicyclic) bond motifs is 1. The fourth-order valence-electron chi connectivity index (χ4n) is 3.48. The second kappa shape index (κ2) is 5.66.